The normalized spacial score (nSPS) is 10.7. The number of rotatable bonds is 8. The van der Waals surface area contributed by atoms with Crippen LogP contribution in [0, 0.1) is 5.82 Å². The minimum Gasteiger partial charge on any atom is -0.478 e. The zero-order valence-electron chi connectivity index (χ0n) is 11.3. The van der Waals surface area contributed by atoms with Crippen LogP contribution in [0.25, 0.3) is 0 Å². The Bertz CT molecular complexity index is 421. The van der Waals surface area contributed by atoms with Gasteiger partial charge in [0.15, 0.2) is 0 Å². The van der Waals surface area contributed by atoms with Crippen LogP contribution in [0.1, 0.15) is 37.0 Å². The number of nitrogens with one attached hydrogen (secondary N) is 1. The molecule has 0 aromatic heterocycles. The van der Waals surface area contributed by atoms with Crippen LogP contribution in [0.2, 0.25) is 0 Å². The summed E-state index contributed by atoms with van der Waals surface area (Å²) in [6, 6.07) is 3.71. The first-order valence-corrected chi connectivity index (χ1v) is 6.39. The lowest BCUT2D eigenvalue weighted by Crippen LogP contribution is -2.10. The molecule has 0 amide bonds. The quantitative estimate of drug-likeness (QED) is 0.712. The highest BCUT2D eigenvalue weighted by Gasteiger charge is 2.10. The molecule has 5 heteroatoms. The summed E-state index contributed by atoms with van der Waals surface area (Å²) >= 11 is 0. The van der Waals surface area contributed by atoms with Crippen molar-refractivity contribution >= 4 is 11.7 Å². The average Bonchev–Trinajstić information content (AvgIpc) is 2.34. The third-order valence-corrected chi connectivity index (χ3v) is 2.55. The highest BCUT2D eigenvalue weighted by Crippen LogP contribution is 2.17. The SMILES string of the molecule is CC(C)OCCCCNc1ccc(F)cc1C(=O)O. The van der Waals surface area contributed by atoms with E-state index in [4.69, 9.17) is 9.84 Å². The molecular weight excluding hydrogens is 249 g/mol. The van der Waals surface area contributed by atoms with E-state index in [2.05, 4.69) is 5.32 Å². The van der Waals surface area contributed by atoms with Gasteiger partial charge in [-0.05, 0) is 44.9 Å². The van der Waals surface area contributed by atoms with Gasteiger partial charge in [0, 0.05) is 18.8 Å². The Labute approximate surface area is 112 Å². The van der Waals surface area contributed by atoms with E-state index < -0.39 is 11.8 Å². The second-order valence-corrected chi connectivity index (χ2v) is 4.55. The summed E-state index contributed by atoms with van der Waals surface area (Å²) in [7, 11) is 0. The molecule has 0 spiro atoms. The highest BCUT2D eigenvalue weighted by molar-refractivity contribution is 5.94. The van der Waals surface area contributed by atoms with Crippen LogP contribution in [-0.4, -0.2) is 30.3 Å². The van der Waals surface area contributed by atoms with Crippen LogP contribution >= 0.6 is 0 Å². The van der Waals surface area contributed by atoms with Gasteiger partial charge in [0.2, 0.25) is 0 Å². The Morgan fingerprint density at radius 3 is 2.79 bits per heavy atom. The van der Waals surface area contributed by atoms with E-state index in [9.17, 15) is 9.18 Å². The zero-order valence-corrected chi connectivity index (χ0v) is 11.3. The Balaban J connectivity index is 2.39. The molecular formula is C14H20FNO3. The minimum atomic E-state index is -1.13. The number of carboxylic acids is 1. The summed E-state index contributed by atoms with van der Waals surface area (Å²) in [5, 5.41) is 12.0. The monoisotopic (exact) mass is 269 g/mol. The summed E-state index contributed by atoms with van der Waals surface area (Å²) in [5.41, 5.74) is 0.400. The lowest BCUT2D eigenvalue weighted by Gasteiger charge is -2.10. The number of carbonyl (C=O) groups is 1. The van der Waals surface area contributed by atoms with Gasteiger partial charge in [0.1, 0.15) is 5.82 Å². The molecule has 0 heterocycles. The molecule has 0 fully saturated rings. The molecule has 1 rings (SSSR count). The predicted molar refractivity (Wildman–Crippen MR) is 72.2 cm³/mol. The largest absolute Gasteiger partial charge is 0.478 e. The summed E-state index contributed by atoms with van der Waals surface area (Å²) in [5.74, 6) is -1.68. The Hall–Kier alpha value is -1.62. The molecule has 1 aromatic carbocycles. The van der Waals surface area contributed by atoms with E-state index >= 15 is 0 Å². The Kier molecular flexibility index (Phi) is 6.29. The smallest absolute Gasteiger partial charge is 0.337 e. The second-order valence-electron chi connectivity index (χ2n) is 4.55. The van der Waals surface area contributed by atoms with Crippen molar-refractivity contribution in [3.05, 3.63) is 29.6 Å². The van der Waals surface area contributed by atoms with Gasteiger partial charge < -0.3 is 15.2 Å². The predicted octanol–water partition coefficient (Wildman–Crippen LogP) is 3.14. The van der Waals surface area contributed by atoms with E-state index in [0.717, 1.165) is 18.9 Å². The van der Waals surface area contributed by atoms with Crippen molar-refractivity contribution in [1.82, 2.24) is 0 Å². The maximum Gasteiger partial charge on any atom is 0.337 e. The molecule has 0 saturated carbocycles. The van der Waals surface area contributed by atoms with Crippen molar-refractivity contribution in [3.63, 3.8) is 0 Å². The number of hydrogen-bond donors (Lipinski definition) is 2. The van der Waals surface area contributed by atoms with Gasteiger partial charge in [-0.2, -0.15) is 0 Å². The van der Waals surface area contributed by atoms with Crippen molar-refractivity contribution in [2.45, 2.75) is 32.8 Å². The summed E-state index contributed by atoms with van der Waals surface area (Å²) < 4.78 is 18.4. The van der Waals surface area contributed by atoms with Crippen molar-refractivity contribution in [2.75, 3.05) is 18.5 Å². The molecule has 0 saturated heterocycles. The van der Waals surface area contributed by atoms with Crippen molar-refractivity contribution in [3.8, 4) is 0 Å². The molecule has 4 nitrogen and oxygen atoms in total. The molecule has 0 bridgehead atoms. The van der Waals surface area contributed by atoms with Crippen molar-refractivity contribution in [1.29, 1.82) is 0 Å². The third-order valence-electron chi connectivity index (χ3n) is 2.55. The topological polar surface area (TPSA) is 58.6 Å². The first-order chi connectivity index (χ1) is 9.00. The first kappa shape index (κ1) is 15.4. The van der Waals surface area contributed by atoms with Gasteiger partial charge in [-0.15, -0.1) is 0 Å². The molecule has 0 aliphatic heterocycles. The van der Waals surface area contributed by atoms with Gasteiger partial charge in [-0.3, -0.25) is 0 Å². The second kappa shape index (κ2) is 7.74. The van der Waals surface area contributed by atoms with Gasteiger partial charge in [0.25, 0.3) is 0 Å². The fourth-order valence-electron chi connectivity index (χ4n) is 1.62. The van der Waals surface area contributed by atoms with Crippen LogP contribution in [-0.2, 0) is 4.74 Å². The van der Waals surface area contributed by atoms with Crippen molar-refractivity contribution in [2.24, 2.45) is 0 Å². The number of hydrogen-bond acceptors (Lipinski definition) is 3. The molecule has 0 atom stereocenters. The maximum atomic E-state index is 13.0. The highest BCUT2D eigenvalue weighted by atomic mass is 19.1. The van der Waals surface area contributed by atoms with Crippen molar-refractivity contribution < 1.29 is 19.0 Å². The van der Waals surface area contributed by atoms with E-state index in [-0.39, 0.29) is 11.7 Å². The number of aromatic carboxylic acids is 1. The molecule has 0 aliphatic carbocycles. The number of ether oxygens (including phenoxy) is 1. The number of halogens is 1. The van der Waals surface area contributed by atoms with Gasteiger partial charge in [0.05, 0.1) is 11.7 Å². The number of unbranched alkanes of at least 4 members (excludes halogenated alkanes) is 1. The Morgan fingerprint density at radius 1 is 1.42 bits per heavy atom. The fraction of sp³-hybridized carbons (Fsp3) is 0.500. The molecule has 1 aromatic rings. The first-order valence-electron chi connectivity index (χ1n) is 6.39. The minimum absolute atomic E-state index is 0.0431. The van der Waals surface area contributed by atoms with Crippen LogP contribution in [0.5, 0.6) is 0 Å². The van der Waals surface area contributed by atoms with Crippen LogP contribution < -0.4 is 5.32 Å². The van der Waals surface area contributed by atoms with Crippen LogP contribution in [0.15, 0.2) is 18.2 Å². The molecule has 0 aliphatic rings. The lowest BCUT2D eigenvalue weighted by molar-refractivity contribution is 0.0696. The van der Waals surface area contributed by atoms with E-state index in [1.54, 1.807) is 0 Å². The maximum absolute atomic E-state index is 13.0. The fourth-order valence-corrected chi connectivity index (χ4v) is 1.62. The van der Waals surface area contributed by atoms with E-state index in [1.807, 2.05) is 13.8 Å². The Morgan fingerprint density at radius 2 is 2.16 bits per heavy atom. The number of anilines is 1. The molecule has 106 valence electrons. The van der Waals surface area contributed by atoms with Gasteiger partial charge in [-0.25, -0.2) is 9.18 Å². The van der Waals surface area contributed by atoms with Crippen LogP contribution in [0.3, 0.4) is 0 Å². The molecule has 0 unspecified atom stereocenters. The van der Waals surface area contributed by atoms with Crippen LogP contribution in [0.4, 0.5) is 10.1 Å². The van der Waals surface area contributed by atoms with Gasteiger partial charge in [-0.1, -0.05) is 0 Å². The average molecular weight is 269 g/mol. The lowest BCUT2D eigenvalue weighted by atomic mass is 10.1. The molecule has 0 radical (unpaired) electrons. The zero-order chi connectivity index (χ0) is 14.3. The number of carboxylic acid groups (broad SMARTS) is 1. The molecule has 2 N–H and O–H groups in total. The summed E-state index contributed by atoms with van der Waals surface area (Å²) in [6.07, 6.45) is 1.99. The summed E-state index contributed by atoms with van der Waals surface area (Å²) in [4.78, 5) is 11.0. The van der Waals surface area contributed by atoms with E-state index in [1.165, 1.54) is 12.1 Å². The number of benzene rings is 1. The van der Waals surface area contributed by atoms with Gasteiger partial charge >= 0.3 is 5.97 Å². The van der Waals surface area contributed by atoms with E-state index in [0.29, 0.717) is 18.8 Å². The standard InChI is InChI=1S/C14H20FNO3/c1-10(2)19-8-4-3-7-16-13-6-5-11(15)9-12(13)14(17)18/h5-6,9-10,16H,3-4,7-8H2,1-2H3,(H,17,18). The summed E-state index contributed by atoms with van der Waals surface area (Å²) in [6.45, 7) is 5.29. The molecule has 19 heavy (non-hydrogen) atoms. The third kappa shape index (κ3) is 5.70.